The number of halogens is 1. The number of aromatic nitrogens is 1. The molecule has 6 heteroatoms. The molecule has 0 spiro atoms. The molecule has 0 bridgehead atoms. The number of benzene rings is 1. The van der Waals surface area contributed by atoms with E-state index in [1.54, 1.807) is 6.20 Å². The fraction of sp³-hybridized carbons (Fsp3) is 0.0833. The number of fused-ring (bicyclic) bond motifs is 1. The lowest BCUT2D eigenvalue weighted by molar-refractivity contribution is 1.28. The first-order valence-electron chi connectivity index (χ1n) is 5.07. The van der Waals surface area contributed by atoms with Gasteiger partial charge in [0.25, 0.3) is 0 Å². The van der Waals surface area contributed by atoms with Crippen molar-refractivity contribution in [2.45, 2.75) is 0 Å². The van der Waals surface area contributed by atoms with Gasteiger partial charge in [0.15, 0.2) is 11.4 Å². The van der Waals surface area contributed by atoms with E-state index in [2.05, 4.69) is 31.2 Å². The van der Waals surface area contributed by atoms with Crippen LogP contribution < -0.4 is 5.32 Å². The molecule has 4 nitrogen and oxygen atoms in total. The number of amidine groups is 1. The molecule has 2 rings (SSSR count). The fourth-order valence-corrected chi connectivity index (χ4v) is 2.37. The van der Waals surface area contributed by atoms with E-state index in [9.17, 15) is 0 Å². The van der Waals surface area contributed by atoms with E-state index in [1.807, 2.05) is 36.7 Å². The molecular formula is C12H9BrN4S. The summed E-state index contributed by atoms with van der Waals surface area (Å²) in [7, 11) is 0. The minimum atomic E-state index is 0.557. The second-order valence-electron chi connectivity index (χ2n) is 3.33. The molecule has 0 aliphatic rings. The molecule has 0 saturated heterocycles. The Morgan fingerprint density at radius 3 is 3.06 bits per heavy atom. The lowest BCUT2D eigenvalue weighted by atomic mass is 10.2. The molecule has 1 N–H and O–H groups in total. The van der Waals surface area contributed by atoms with Crippen molar-refractivity contribution in [2.75, 3.05) is 6.26 Å². The van der Waals surface area contributed by atoms with Crippen LogP contribution in [0.5, 0.6) is 0 Å². The van der Waals surface area contributed by atoms with Gasteiger partial charge in [-0.25, -0.2) is 4.99 Å². The molecule has 0 radical (unpaired) electrons. The predicted octanol–water partition coefficient (Wildman–Crippen LogP) is 3.42. The molecule has 1 aromatic carbocycles. The minimum absolute atomic E-state index is 0.557. The molecule has 0 atom stereocenters. The molecule has 0 saturated carbocycles. The molecule has 0 unspecified atom stereocenters. The largest absolute Gasteiger partial charge is 0.271 e. The molecule has 1 heterocycles. The molecule has 18 heavy (non-hydrogen) atoms. The Bertz CT molecular complexity index is 648. The van der Waals surface area contributed by atoms with Crippen LogP contribution in [0.1, 0.15) is 0 Å². The van der Waals surface area contributed by atoms with Crippen LogP contribution in [-0.2, 0) is 0 Å². The number of thioether (sulfide) groups is 1. The molecule has 0 aliphatic heterocycles. The fourth-order valence-electron chi connectivity index (χ4n) is 1.47. The summed E-state index contributed by atoms with van der Waals surface area (Å²) in [6, 6.07) is 7.63. The zero-order valence-electron chi connectivity index (χ0n) is 9.51. The summed E-state index contributed by atoms with van der Waals surface area (Å²) in [6.07, 6.45) is 5.48. The van der Waals surface area contributed by atoms with Crippen molar-refractivity contribution in [2.24, 2.45) is 4.99 Å². The van der Waals surface area contributed by atoms with Gasteiger partial charge in [-0.15, -0.1) is 0 Å². The maximum absolute atomic E-state index is 8.61. The van der Waals surface area contributed by atoms with Crippen molar-refractivity contribution in [3.63, 3.8) is 0 Å². The zero-order valence-corrected chi connectivity index (χ0v) is 11.9. The van der Waals surface area contributed by atoms with Crippen LogP contribution in [0.2, 0.25) is 0 Å². The van der Waals surface area contributed by atoms with E-state index in [-0.39, 0.29) is 0 Å². The van der Waals surface area contributed by atoms with Crippen molar-refractivity contribution < 1.29 is 0 Å². The lowest BCUT2D eigenvalue weighted by Crippen LogP contribution is -2.12. The Hall–Kier alpha value is -1.58. The Morgan fingerprint density at radius 1 is 1.50 bits per heavy atom. The number of nitriles is 1. The number of pyridine rings is 1. The SMILES string of the molecule is CSC(=Nc1ccc2ncccc2c1Br)NC#N. The summed E-state index contributed by atoms with van der Waals surface area (Å²) >= 11 is 4.91. The first-order valence-corrected chi connectivity index (χ1v) is 7.09. The van der Waals surface area contributed by atoms with E-state index >= 15 is 0 Å². The minimum Gasteiger partial charge on any atom is -0.271 e. The smallest absolute Gasteiger partial charge is 0.183 e. The summed E-state index contributed by atoms with van der Waals surface area (Å²) in [5.41, 5.74) is 1.67. The average Bonchev–Trinajstić information content (AvgIpc) is 2.41. The Kier molecular flexibility index (Phi) is 4.18. The highest BCUT2D eigenvalue weighted by Crippen LogP contribution is 2.32. The zero-order chi connectivity index (χ0) is 13.0. The van der Waals surface area contributed by atoms with Crippen LogP contribution in [-0.4, -0.2) is 16.4 Å². The maximum atomic E-state index is 8.61. The number of rotatable bonds is 1. The van der Waals surface area contributed by atoms with Crippen LogP contribution >= 0.6 is 27.7 Å². The number of hydrogen-bond acceptors (Lipinski definition) is 4. The molecule has 0 amide bonds. The number of nitrogens with zero attached hydrogens (tertiary/aromatic N) is 3. The number of nitrogens with one attached hydrogen (secondary N) is 1. The van der Waals surface area contributed by atoms with Crippen molar-refractivity contribution in [3.05, 3.63) is 34.9 Å². The summed E-state index contributed by atoms with van der Waals surface area (Å²) in [6.45, 7) is 0. The summed E-state index contributed by atoms with van der Waals surface area (Å²) in [5.74, 6) is 0. The quantitative estimate of drug-likeness (QED) is 0.378. The molecule has 2 aromatic rings. The first-order chi connectivity index (χ1) is 8.76. The van der Waals surface area contributed by atoms with E-state index in [0.717, 1.165) is 21.1 Å². The Morgan fingerprint density at radius 2 is 2.33 bits per heavy atom. The van der Waals surface area contributed by atoms with Gasteiger partial charge in [0.05, 0.1) is 15.7 Å². The standard InChI is InChI=1S/C12H9BrN4S/c1-18-12(16-7-14)17-10-5-4-9-8(11(10)13)3-2-6-15-9/h2-6H,1H3,(H,16,17). The van der Waals surface area contributed by atoms with Crippen LogP contribution in [0.15, 0.2) is 39.9 Å². The van der Waals surface area contributed by atoms with Gasteiger partial charge in [0.1, 0.15) is 0 Å². The van der Waals surface area contributed by atoms with E-state index in [4.69, 9.17) is 5.26 Å². The molecular weight excluding hydrogens is 312 g/mol. The van der Waals surface area contributed by atoms with Gasteiger partial charge in [-0.2, -0.15) is 5.26 Å². The predicted molar refractivity (Wildman–Crippen MR) is 78.8 cm³/mol. The summed E-state index contributed by atoms with van der Waals surface area (Å²) in [5, 5.41) is 12.7. The molecule has 0 fully saturated rings. The molecule has 0 aliphatic carbocycles. The van der Waals surface area contributed by atoms with Gasteiger partial charge in [-0.05, 0) is 40.4 Å². The number of hydrogen-bond donors (Lipinski definition) is 1. The third-order valence-electron chi connectivity index (χ3n) is 2.28. The van der Waals surface area contributed by atoms with E-state index in [1.165, 1.54) is 11.8 Å². The van der Waals surface area contributed by atoms with Gasteiger partial charge >= 0.3 is 0 Å². The van der Waals surface area contributed by atoms with E-state index in [0.29, 0.717) is 5.17 Å². The van der Waals surface area contributed by atoms with Gasteiger partial charge in [-0.1, -0.05) is 17.8 Å². The van der Waals surface area contributed by atoms with Crippen molar-refractivity contribution >= 4 is 49.4 Å². The van der Waals surface area contributed by atoms with Crippen LogP contribution in [0.3, 0.4) is 0 Å². The maximum Gasteiger partial charge on any atom is 0.183 e. The third kappa shape index (κ3) is 2.63. The topological polar surface area (TPSA) is 61.1 Å². The van der Waals surface area contributed by atoms with Gasteiger partial charge in [0, 0.05) is 11.6 Å². The highest BCUT2D eigenvalue weighted by Gasteiger charge is 2.06. The molecule has 1 aromatic heterocycles. The third-order valence-corrected chi connectivity index (χ3v) is 3.69. The normalized spacial score (nSPS) is 11.3. The molecule has 90 valence electrons. The lowest BCUT2D eigenvalue weighted by Gasteiger charge is -2.05. The summed E-state index contributed by atoms with van der Waals surface area (Å²) < 4.78 is 0.874. The van der Waals surface area contributed by atoms with Crippen LogP contribution in [0.4, 0.5) is 5.69 Å². The first kappa shape index (κ1) is 12.9. The van der Waals surface area contributed by atoms with Gasteiger partial charge in [0.2, 0.25) is 0 Å². The second-order valence-corrected chi connectivity index (χ2v) is 4.91. The number of aliphatic imine (C=N–C) groups is 1. The van der Waals surface area contributed by atoms with Crippen molar-refractivity contribution in [3.8, 4) is 6.19 Å². The Labute approximate surface area is 117 Å². The van der Waals surface area contributed by atoms with Crippen molar-refractivity contribution in [1.82, 2.24) is 10.3 Å². The van der Waals surface area contributed by atoms with E-state index < -0.39 is 0 Å². The van der Waals surface area contributed by atoms with Gasteiger partial charge < -0.3 is 0 Å². The van der Waals surface area contributed by atoms with Gasteiger partial charge in [-0.3, -0.25) is 10.3 Å². The Balaban J connectivity index is 2.53. The monoisotopic (exact) mass is 320 g/mol. The van der Waals surface area contributed by atoms with Crippen LogP contribution in [0.25, 0.3) is 10.9 Å². The van der Waals surface area contributed by atoms with Crippen molar-refractivity contribution in [1.29, 1.82) is 5.26 Å². The highest BCUT2D eigenvalue weighted by atomic mass is 79.9. The van der Waals surface area contributed by atoms with Crippen LogP contribution in [0, 0.1) is 11.5 Å². The summed E-state index contributed by atoms with van der Waals surface area (Å²) in [4.78, 5) is 8.65. The highest BCUT2D eigenvalue weighted by molar-refractivity contribution is 9.10. The second kappa shape index (κ2) is 5.85. The average molecular weight is 321 g/mol.